The molecule has 1 heteroatoms. The van der Waals surface area contributed by atoms with Gasteiger partial charge in [-0.3, -0.25) is 0 Å². The zero-order valence-corrected chi connectivity index (χ0v) is 24.3. The molecular formula is C39H43N. The van der Waals surface area contributed by atoms with Gasteiger partial charge in [0.1, 0.15) is 0 Å². The first-order valence-corrected chi connectivity index (χ1v) is 15.8. The quantitative estimate of drug-likeness (QED) is 0.273. The summed E-state index contributed by atoms with van der Waals surface area (Å²) in [5, 5.41) is 3.81. The minimum absolute atomic E-state index is 0.000814. The molecule has 1 nitrogen and oxygen atoms in total. The van der Waals surface area contributed by atoms with Crippen molar-refractivity contribution in [2.75, 3.05) is 5.32 Å². The normalized spacial score (nSPS) is 18.8. The fourth-order valence-corrected chi connectivity index (χ4v) is 8.13. The smallest absolute Gasteiger partial charge is 0.0463 e. The standard InChI is InChI=1S/C39H43N/c1-39(2)36-26-31(40-37-21-13-12-20-32(37)28-16-8-4-9-17-28)22-23-33(36)35-25-30(27-14-6-3-7-15-27)24-34(38(35)39)29-18-10-5-11-19-29/h4,8-9,12-13,16-17,20-27,29,40H,3,5-7,10-11,14-15,18-19H2,1-2H3. The highest BCUT2D eigenvalue weighted by atomic mass is 14.9. The van der Waals surface area contributed by atoms with Crippen LogP contribution in [0.5, 0.6) is 0 Å². The van der Waals surface area contributed by atoms with Crippen molar-refractivity contribution in [1.29, 1.82) is 0 Å². The molecule has 3 aliphatic rings. The van der Waals surface area contributed by atoms with Gasteiger partial charge in [0.05, 0.1) is 0 Å². The van der Waals surface area contributed by atoms with Crippen LogP contribution in [0.1, 0.15) is 112 Å². The molecule has 7 rings (SSSR count). The van der Waals surface area contributed by atoms with E-state index in [4.69, 9.17) is 0 Å². The fraction of sp³-hybridized carbons (Fsp3) is 0.385. The Balaban J connectivity index is 1.30. The largest absolute Gasteiger partial charge is 0.355 e. The summed E-state index contributed by atoms with van der Waals surface area (Å²) in [6.07, 6.45) is 13.8. The minimum Gasteiger partial charge on any atom is -0.355 e. The Kier molecular flexibility index (Phi) is 6.78. The van der Waals surface area contributed by atoms with Crippen LogP contribution in [0.25, 0.3) is 22.3 Å². The molecule has 0 aromatic heterocycles. The van der Waals surface area contributed by atoms with E-state index >= 15 is 0 Å². The molecule has 0 atom stereocenters. The van der Waals surface area contributed by atoms with Crippen LogP contribution in [0.4, 0.5) is 11.4 Å². The van der Waals surface area contributed by atoms with E-state index in [0.29, 0.717) is 0 Å². The molecule has 0 saturated heterocycles. The van der Waals surface area contributed by atoms with E-state index in [2.05, 4.69) is 104 Å². The lowest BCUT2D eigenvalue weighted by Crippen LogP contribution is -2.20. The predicted octanol–water partition coefficient (Wildman–Crippen LogP) is 11.5. The average Bonchev–Trinajstić information content (AvgIpc) is 3.24. The predicted molar refractivity (Wildman–Crippen MR) is 171 cm³/mol. The molecule has 1 N–H and O–H groups in total. The summed E-state index contributed by atoms with van der Waals surface area (Å²) in [4.78, 5) is 0. The molecule has 4 aromatic carbocycles. The Hall–Kier alpha value is -3.32. The summed E-state index contributed by atoms with van der Waals surface area (Å²) in [6.45, 7) is 4.96. The van der Waals surface area contributed by atoms with Crippen LogP contribution < -0.4 is 5.32 Å². The van der Waals surface area contributed by atoms with E-state index in [9.17, 15) is 0 Å². The van der Waals surface area contributed by atoms with Gasteiger partial charge in [-0.25, -0.2) is 0 Å². The average molecular weight is 526 g/mol. The van der Waals surface area contributed by atoms with Crippen molar-refractivity contribution in [3.8, 4) is 22.3 Å². The second kappa shape index (κ2) is 10.6. The first kappa shape index (κ1) is 25.6. The Bertz CT molecular complexity index is 1500. The van der Waals surface area contributed by atoms with Gasteiger partial charge in [-0.15, -0.1) is 0 Å². The van der Waals surface area contributed by atoms with Gasteiger partial charge >= 0.3 is 0 Å². The number of hydrogen-bond acceptors (Lipinski definition) is 1. The van der Waals surface area contributed by atoms with E-state index in [1.807, 2.05) is 0 Å². The van der Waals surface area contributed by atoms with Crippen LogP contribution in [0.15, 0.2) is 84.9 Å². The van der Waals surface area contributed by atoms with Crippen LogP contribution >= 0.6 is 0 Å². The highest BCUT2D eigenvalue weighted by Crippen LogP contribution is 2.54. The summed E-state index contributed by atoms with van der Waals surface area (Å²) in [6, 6.07) is 31.8. The van der Waals surface area contributed by atoms with Crippen molar-refractivity contribution in [3.63, 3.8) is 0 Å². The molecule has 3 aliphatic carbocycles. The molecule has 40 heavy (non-hydrogen) atoms. The molecule has 0 amide bonds. The van der Waals surface area contributed by atoms with Gasteiger partial charge in [0.25, 0.3) is 0 Å². The van der Waals surface area contributed by atoms with E-state index in [1.165, 1.54) is 97.7 Å². The SMILES string of the molecule is CC1(C)c2cc(Nc3ccccc3-c3ccccc3)ccc2-c2cc(C3CCCCC3)cc(C3CCCCC3)c21. The third-order valence-electron chi connectivity index (χ3n) is 10.2. The molecule has 204 valence electrons. The first-order valence-electron chi connectivity index (χ1n) is 15.8. The van der Waals surface area contributed by atoms with Gasteiger partial charge in [-0.05, 0) is 94.7 Å². The second-order valence-corrected chi connectivity index (χ2v) is 13.1. The summed E-state index contributed by atoms with van der Waals surface area (Å²) in [7, 11) is 0. The van der Waals surface area contributed by atoms with Crippen molar-refractivity contribution < 1.29 is 0 Å². The summed E-state index contributed by atoms with van der Waals surface area (Å²) >= 11 is 0. The third-order valence-corrected chi connectivity index (χ3v) is 10.2. The zero-order valence-electron chi connectivity index (χ0n) is 24.3. The lowest BCUT2D eigenvalue weighted by molar-refractivity contribution is 0.431. The van der Waals surface area contributed by atoms with Crippen LogP contribution in [0.3, 0.4) is 0 Å². The second-order valence-electron chi connectivity index (χ2n) is 13.1. The Morgan fingerprint density at radius 3 is 2.02 bits per heavy atom. The monoisotopic (exact) mass is 525 g/mol. The van der Waals surface area contributed by atoms with Crippen LogP contribution in [0, 0.1) is 0 Å². The maximum atomic E-state index is 3.81. The molecule has 2 saturated carbocycles. The first-order chi connectivity index (χ1) is 19.6. The highest BCUT2D eigenvalue weighted by Gasteiger charge is 2.40. The number of nitrogens with one attached hydrogen (secondary N) is 1. The summed E-state index contributed by atoms with van der Waals surface area (Å²) in [5.74, 6) is 1.46. The molecule has 2 fully saturated rings. The fourth-order valence-electron chi connectivity index (χ4n) is 8.13. The lowest BCUT2D eigenvalue weighted by Gasteiger charge is -2.32. The maximum Gasteiger partial charge on any atom is 0.0463 e. The summed E-state index contributed by atoms with van der Waals surface area (Å²) in [5.41, 5.74) is 14.2. The van der Waals surface area contributed by atoms with Crippen LogP contribution in [-0.4, -0.2) is 0 Å². The molecule has 0 unspecified atom stereocenters. The van der Waals surface area contributed by atoms with Crippen LogP contribution in [-0.2, 0) is 5.41 Å². The molecule has 0 spiro atoms. The lowest BCUT2D eigenvalue weighted by atomic mass is 9.72. The van der Waals surface area contributed by atoms with Crippen molar-refractivity contribution in [1.82, 2.24) is 0 Å². The van der Waals surface area contributed by atoms with Gasteiger partial charge < -0.3 is 5.32 Å². The number of rotatable bonds is 5. The molecule has 0 radical (unpaired) electrons. The zero-order chi connectivity index (χ0) is 27.1. The number of para-hydroxylation sites is 1. The van der Waals surface area contributed by atoms with Gasteiger partial charge in [0.2, 0.25) is 0 Å². The number of benzene rings is 4. The number of hydrogen-bond donors (Lipinski definition) is 1. The topological polar surface area (TPSA) is 12.0 Å². The maximum absolute atomic E-state index is 3.81. The Morgan fingerprint density at radius 1 is 0.600 bits per heavy atom. The van der Waals surface area contributed by atoms with E-state index in [0.717, 1.165) is 17.5 Å². The van der Waals surface area contributed by atoms with Crippen LogP contribution in [0.2, 0.25) is 0 Å². The molecule has 0 bridgehead atoms. The van der Waals surface area contributed by atoms with Gasteiger partial charge in [-0.1, -0.05) is 119 Å². The van der Waals surface area contributed by atoms with Crippen molar-refractivity contribution in [2.45, 2.75) is 95.3 Å². The van der Waals surface area contributed by atoms with Gasteiger partial charge in [0.15, 0.2) is 0 Å². The van der Waals surface area contributed by atoms with Gasteiger partial charge in [-0.2, -0.15) is 0 Å². The summed E-state index contributed by atoms with van der Waals surface area (Å²) < 4.78 is 0. The van der Waals surface area contributed by atoms with Gasteiger partial charge in [0, 0.05) is 22.4 Å². The third kappa shape index (κ3) is 4.58. The molecule has 4 aromatic rings. The minimum atomic E-state index is -0.000814. The Labute approximate surface area is 241 Å². The van der Waals surface area contributed by atoms with Crippen molar-refractivity contribution in [2.24, 2.45) is 0 Å². The number of fused-ring (bicyclic) bond motifs is 3. The van der Waals surface area contributed by atoms with Crippen molar-refractivity contribution >= 4 is 11.4 Å². The van der Waals surface area contributed by atoms with Crippen molar-refractivity contribution in [3.05, 3.63) is 107 Å². The van der Waals surface area contributed by atoms with E-state index in [1.54, 1.807) is 16.7 Å². The molecule has 0 heterocycles. The Morgan fingerprint density at radius 2 is 1.27 bits per heavy atom. The molecular weight excluding hydrogens is 482 g/mol. The highest BCUT2D eigenvalue weighted by molar-refractivity contribution is 5.86. The van der Waals surface area contributed by atoms with E-state index in [-0.39, 0.29) is 5.41 Å². The van der Waals surface area contributed by atoms with E-state index < -0.39 is 0 Å². The molecule has 0 aliphatic heterocycles. The number of anilines is 2.